The van der Waals surface area contributed by atoms with Gasteiger partial charge in [-0.2, -0.15) is 4.98 Å². The summed E-state index contributed by atoms with van der Waals surface area (Å²) < 4.78 is 6.93. The lowest BCUT2D eigenvalue weighted by molar-refractivity contribution is 0.365. The molecule has 3 heterocycles. The smallest absolute Gasteiger partial charge is 0.293 e. The summed E-state index contributed by atoms with van der Waals surface area (Å²) >= 11 is 0. The monoisotopic (exact) mass is 301 g/mol. The van der Waals surface area contributed by atoms with Crippen LogP contribution in [0, 0.1) is 0 Å². The highest BCUT2D eigenvalue weighted by atomic mass is 16.5. The third-order valence-electron chi connectivity index (χ3n) is 4.47. The average molecular weight is 301 g/mol. The molecule has 0 N–H and O–H groups in total. The number of aryl methyl sites for hydroxylation is 1. The van der Waals surface area contributed by atoms with Gasteiger partial charge in [-0.15, -0.1) is 0 Å². The molecule has 2 aromatic rings. The molecule has 1 atom stereocenters. The lowest BCUT2D eigenvalue weighted by atomic mass is 9.97. The minimum atomic E-state index is -0.0602. The summed E-state index contributed by atoms with van der Waals surface area (Å²) in [5.74, 6) is 2.75. The average Bonchev–Trinajstić information content (AvgIpc) is 3.27. The van der Waals surface area contributed by atoms with E-state index < -0.39 is 0 Å². The van der Waals surface area contributed by atoms with Crippen molar-refractivity contribution in [3.05, 3.63) is 34.5 Å². The Hall–Kier alpha value is -2.18. The molecule has 0 aromatic carbocycles. The lowest BCUT2D eigenvalue weighted by Crippen LogP contribution is -2.39. The molecule has 0 amide bonds. The largest absolute Gasteiger partial charge is 0.351 e. The summed E-state index contributed by atoms with van der Waals surface area (Å²) in [6.07, 6.45) is 7.67. The van der Waals surface area contributed by atoms with Crippen molar-refractivity contribution in [1.82, 2.24) is 19.7 Å². The second-order valence-electron chi connectivity index (χ2n) is 6.22. The van der Waals surface area contributed by atoms with Crippen LogP contribution in [0.1, 0.15) is 49.2 Å². The molecule has 4 rings (SSSR count). The Morgan fingerprint density at radius 1 is 1.27 bits per heavy atom. The number of aromatic nitrogens is 4. The first kappa shape index (κ1) is 13.5. The first-order chi connectivity index (χ1) is 10.7. The summed E-state index contributed by atoms with van der Waals surface area (Å²) in [4.78, 5) is 23.1. The highest BCUT2D eigenvalue weighted by molar-refractivity contribution is 5.37. The highest BCUT2D eigenvalue weighted by Crippen LogP contribution is 2.39. The van der Waals surface area contributed by atoms with Crippen LogP contribution in [0.5, 0.6) is 0 Å². The fourth-order valence-electron chi connectivity index (χ4n) is 2.99. The van der Waals surface area contributed by atoms with Crippen LogP contribution in [0.15, 0.2) is 21.7 Å². The third-order valence-corrected chi connectivity index (χ3v) is 4.47. The van der Waals surface area contributed by atoms with E-state index in [-0.39, 0.29) is 11.5 Å². The molecule has 0 spiro atoms. The van der Waals surface area contributed by atoms with Crippen molar-refractivity contribution in [2.75, 3.05) is 18.0 Å². The van der Waals surface area contributed by atoms with E-state index in [1.807, 2.05) is 4.90 Å². The van der Waals surface area contributed by atoms with Gasteiger partial charge < -0.3 is 14.0 Å². The van der Waals surface area contributed by atoms with E-state index in [4.69, 9.17) is 4.52 Å². The van der Waals surface area contributed by atoms with Crippen LogP contribution in [-0.2, 0) is 7.05 Å². The van der Waals surface area contributed by atoms with Crippen LogP contribution >= 0.6 is 0 Å². The van der Waals surface area contributed by atoms with Crippen molar-refractivity contribution in [3.8, 4) is 0 Å². The lowest BCUT2D eigenvalue weighted by Gasteiger charge is -2.31. The zero-order valence-electron chi connectivity index (χ0n) is 12.6. The molecule has 1 saturated carbocycles. The topological polar surface area (TPSA) is 77.1 Å². The molecule has 22 heavy (non-hydrogen) atoms. The van der Waals surface area contributed by atoms with E-state index in [1.54, 1.807) is 24.0 Å². The van der Waals surface area contributed by atoms with Crippen LogP contribution in [0.25, 0.3) is 0 Å². The van der Waals surface area contributed by atoms with Crippen molar-refractivity contribution >= 4 is 5.82 Å². The van der Waals surface area contributed by atoms with Crippen LogP contribution in [0.3, 0.4) is 0 Å². The second kappa shape index (κ2) is 5.23. The Labute approximate surface area is 128 Å². The van der Waals surface area contributed by atoms with Gasteiger partial charge in [0.15, 0.2) is 11.6 Å². The standard InChI is InChI=1S/C15H19N5O2/c1-19-8-6-16-13(15(19)21)20-7-2-3-11(9-20)12-17-14(22-18-12)10-4-5-10/h6,8,10-11H,2-5,7,9H2,1H3/t11-/m1/s1. The maximum atomic E-state index is 12.2. The van der Waals surface area contributed by atoms with Gasteiger partial charge in [0.1, 0.15) is 0 Å². The van der Waals surface area contributed by atoms with Gasteiger partial charge in [-0.3, -0.25) is 4.79 Å². The summed E-state index contributed by atoms with van der Waals surface area (Å²) in [7, 11) is 1.75. The van der Waals surface area contributed by atoms with E-state index in [2.05, 4.69) is 15.1 Å². The normalized spacial score (nSPS) is 22.0. The third kappa shape index (κ3) is 2.40. The maximum absolute atomic E-state index is 12.2. The quantitative estimate of drug-likeness (QED) is 0.853. The number of anilines is 1. The van der Waals surface area contributed by atoms with Gasteiger partial charge in [-0.1, -0.05) is 5.16 Å². The van der Waals surface area contributed by atoms with Crippen LogP contribution in [0.2, 0.25) is 0 Å². The first-order valence-corrected chi connectivity index (χ1v) is 7.82. The van der Waals surface area contributed by atoms with E-state index in [1.165, 1.54) is 0 Å². The molecule has 1 saturated heterocycles. The minimum Gasteiger partial charge on any atom is -0.351 e. The van der Waals surface area contributed by atoms with Gasteiger partial charge in [0.25, 0.3) is 5.56 Å². The van der Waals surface area contributed by atoms with Gasteiger partial charge in [-0.05, 0) is 25.7 Å². The summed E-state index contributed by atoms with van der Waals surface area (Å²) in [5, 5.41) is 4.15. The Morgan fingerprint density at radius 3 is 2.95 bits per heavy atom. The predicted octanol–water partition coefficient (Wildman–Crippen LogP) is 1.42. The SMILES string of the molecule is Cn1ccnc(N2CCC[C@@H](c3noc(C4CC4)n3)C2)c1=O. The molecule has 2 fully saturated rings. The number of rotatable bonds is 3. The molecular formula is C15H19N5O2. The van der Waals surface area contributed by atoms with Crippen molar-refractivity contribution in [1.29, 1.82) is 0 Å². The molecule has 7 nitrogen and oxygen atoms in total. The zero-order chi connectivity index (χ0) is 15.1. The first-order valence-electron chi connectivity index (χ1n) is 7.82. The molecular weight excluding hydrogens is 282 g/mol. The Kier molecular flexibility index (Phi) is 3.20. The summed E-state index contributed by atoms with van der Waals surface area (Å²) in [6.45, 7) is 1.56. The summed E-state index contributed by atoms with van der Waals surface area (Å²) in [5.41, 5.74) is -0.0602. The molecule has 2 aromatic heterocycles. The fraction of sp³-hybridized carbons (Fsp3) is 0.600. The Morgan fingerprint density at radius 2 is 2.14 bits per heavy atom. The van der Waals surface area contributed by atoms with E-state index >= 15 is 0 Å². The van der Waals surface area contributed by atoms with Crippen LogP contribution in [0.4, 0.5) is 5.82 Å². The van der Waals surface area contributed by atoms with Gasteiger partial charge in [0.2, 0.25) is 5.89 Å². The maximum Gasteiger partial charge on any atom is 0.293 e. The van der Waals surface area contributed by atoms with E-state index in [9.17, 15) is 4.79 Å². The summed E-state index contributed by atoms with van der Waals surface area (Å²) in [6, 6.07) is 0. The zero-order valence-corrected chi connectivity index (χ0v) is 12.6. The van der Waals surface area contributed by atoms with Crippen LogP contribution < -0.4 is 10.5 Å². The van der Waals surface area contributed by atoms with Gasteiger partial charge >= 0.3 is 0 Å². The molecule has 116 valence electrons. The molecule has 1 aliphatic carbocycles. The Bertz CT molecular complexity index is 734. The fourth-order valence-corrected chi connectivity index (χ4v) is 2.99. The molecule has 1 aliphatic heterocycles. The minimum absolute atomic E-state index is 0.0602. The van der Waals surface area contributed by atoms with Crippen LogP contribution in [-0.4, -0.2) is 32.8 Å². The molecule has 2 aliphatic rings. The van der Waals surface area contributed by atoms with Crippen molar-refractivity contribution in [2.24, 2.45) is 7.05 Å². The van der Waals surface area contributed by atoms with Crippen molar-refractivity contribution in [2.45, 2.75) is 37.5 Å². The van der Waals surface area contributed by atoms with Crippen molar-refractivity contribution < 1.29 is 4.52 Å². The predicted molar refractivity (Wildman–Crippen MR) is 79.9 cm³/mol. The molecule has 7 heteroatoms. The van der Waals surface area contributed by atoms with Gasteiger partial charge in [-0.25, -0.2) is 4.98 Å². The number of piperidine rings is 1. The molecule has 0 bridgehead atoms. The highest BCUT2D eigenvalue weighted by Gasteiger charge is 2.32. The number of nitrogens with zero attached hydrogens (tertiary/aromatic N) is 5. The number of hydrogen-bond donors (Lipinski definition) is 0. The van der Waals surface area contributed by atoms with E-state index in [0.29, 0.717) is 11.7 Å². The van der Waals surface area contributed by atoms with Gasteiger partial charge in [0, 0.05) is 44.4 Å². The number of hydrogen-bond acceptors (Lipinski definition) is 6. The second-order valence-corrected chi connectivity index (χ2v) is 6.22. The Balaban J connectivity index is 1.56. The van der Waals surface area contributed by atoms with Crippen molar-refractivity contribution in [3.63, 3.8) is 0 Å². The van der Waals surface area contributed by atoms with Gasteiger partial charge in [0.05, 0.1) is 0 Å². The van der Waals surface area contributed by atoms with E-state index in [0.717, 1.165) is 50.5 Å². The molecule has 0 unspecified atom stereocenters. The molecule has 0 radical (unpaired) electrons.